The summed E-state index contributed by atoms with van der Waals surface area (Å²) in [6.07, 6.45) is 0. The lowest BCUT2D eigenvalue weighted by Crippen LogP contribution is -2.12. The van der Waals surface area contributed by atoms with E-state index in [0.29, 0.717) is 0 Å². The number of H-pyrrole nitrogens is 1. The molecular weight excluding hydrogens is 154 g/mol. The van der Waals surface area contributed by atoms with Crippen molar-refractivity contribution in [1.82, 2.24) is 4.98 Å². The van der Waals surface area contributed by atoms with Crippen LogP contribution in [0.3, 0.4) is 0 Å². The van der Waals surface area contributed by atoms with Crippen LogP contribution in [0.4, 0.5) is 5.82 Å². The first-order chi connectivity index (χ1) is 4.50. The quantitative estimate of drug-likeness (QED) is 0.504. The van der Waals surface area contributed by atoms with Crippen molar-refractivity contribution in [1.29, 1.82) is 0 Å². The van der Waals surface area contributed by atoms with E-state index in [4.69, 9.17) is 10.9 Å². The molecule has 56 valence electrons. The van der Waals surface area contributed by atoms with E-state index in [1.54, 1.807) is 0 Å². The highest BCUT2D eigenvalue weighted by Crippen LogP contribution is 2.06. The summed E-state index contributed by atoms with van der Waals surface area (Å²) in [5, 5.41) is 4.69. The molecule has 0 bridgehead atoms. The van der Waals surface area contributed by atoms with E-state index in [2.05, 4.69) is 4.98 Å². The molecule has 0 radical (unpaired) electrons. The Kier molecular flexibility index (Phi) is 1.42. The summed E-state index contributed by atoms with van der Waals surface area (Å²) in [4.78, 5) is 2.38. The van der Waals surface area contributed by atoms with Crippen molar-refractivity contribution in [3.8, 4) is 0 Å². The standard InChI is InChI=1S/C4H7N3O2S/c5-3-1-2-4(7-3)10(6,8)9/h1-2,7H,5H2,(H2,6,8,9). The van der Waals surface area contributed by atoms with E-state index >= 15 is 0 Å². The molecule has 0 aliphatic carbocycles. The number of aromatic amines is 1. The third-order valence-corrected chi connectivity index (χ3v) is 1.84. The first-order valence-electron chi connectivity index (χ1n) is 2.47. The average molecular weight is 161 g/mol. The highest BCUT2D eigenvalue weighted by Gasteiger charge is 2.07. The number of hydrogen-bond acceptors (Lipinski definition) is 3. The van der Waals surface area contributed by atoms with Crippen LogP contribution in [0.5, 0.6) is 0 Å². The zero-order chi connectivity index (χ0) is 7.78. The van der Waals surface area contributed by atoms with Gasteiger partial charge in [-0.05, 0) is 12.1 Å². The van der Waals surface area contributed by atoms with Gasteiger partial charge in [0.15, 0.2) is 0 Å². The minimum absolute atomic E-state index is 0.0648. The summed E-state index contributed by atoms with van der Waals surface area (Å²) in [6, 6.07) is 2.74. The zero-order valence-electron chi connectivity index (χ0n) is 5.03. The van der Waals surface area contributed by atoms with E-state index in [9.17, 15) is 8.42 Å². The third kappa shape index (κ3) is 1.28. The van der Waals surface area contributed by atoms with Crippen molar-refractivity contribution in [3.63, 3.8) is 0 Å². The fraction of sp³-hybridized carbons (Fsp3) is 0. The maximum Gasteiger partial charge on any atom is 0.253 e. The highest BCUT2D eigenvalue weighted by molar-refractivity contribution is 7.89. The smallest absolute Gasteiger partial charge is 0.253 e. The molecule has 1 heterocycles. The molecule has 0 saturated carbocycles. The second-order valence-electron chi connectivity index (χ2n) is 1.82. The number of sulfonamides is 1. The lowest BCUT2D eigenvalue weighted by atomic mass is 10.6. The normalized spacial score (nSPS) is 11.7. The van der Waals surface area contributed by atoms with Crippen LogP contribution in [0.15, 0.2) is 17.2 Å². The molecule has 1 aromatic heterocycles. The molecule has 6 heteroatoms. The molecule has 5 nitrogen and oxygen atoms in total. The number of anilines is 1. The maximum atomic E-state index is 10.5. The largest absolute Gasteiger partial charge is 0.385 e. The number of nitrogen functional groups attached to an aromatic ring is 1. The molecular formula is C4H7N3O2S. The predicted molar refractivity (Wildman–Crippen MR) is 36.6 cm³/mol. The van der Waals surface area contributed by atoms with Crippen LogP contribution in [0.25, 0.3) is 0 Å². The molecule has 0 unspecified atom stereocenters. The van der Waals surface area contributed by atoms with E-state index in [0.717, 1.165) is 0 Å². The van der Waals surface area contributed by atoms with Crippen molar-refractivity contribution in [3.05, 3.63) is 12.1 Å². The molecule has 1 rings (SSSR count). The fourth-order valence-corrected chi connectivity index (χ4v) is 1.07. The van der Waals surface area contributed by atoms with Crippen LogP contribution >= 0.6 is 0 Å². The summed E-state index contributed by atoms with van der Waals surface area (Å²) in [5.74, 6) is 0.282. The van der Waals surface area contributed by atoms with Crippen LogP contribution in [-0.2, 0) is 10.0 Å². The number of aromatic nitrogens is 1. The summed E-state index contributed by atoms with van der Waals surface area (Å²) in [6.45, 7) is 0. The van der Waals surface area contributed by atoms with Gasteiger partial charge in [-0.15, -0.1) is 0 Å². The SMILES string of the molecule is Nc1ccc(S(N)(=O)=O)[nH]1. The molecule has 0 amide bonds. The van der Waals surface area contributed by atoms with E-state index < -0.39 is 10.0 Å². The summed E-state index contributed by atoms with van der Waals surface area (Å²) in [5.41, 5.74) is 5.20. The molecule has 10 heavy (non-hydrogen) atoms. The lowest BCUT2D eigenvalue weighted by molar-refractivity contribution is 0.595. The second kappa shape index (κ2) is 1.99. The van der Waals surface area contributed by atoms with Crippen molar-refractivity contribution in [2.75, 3.05) is 5.73 Å². The van der Waals surface area contributed by atoms with Gasteiger partial charge in [-0.1, -0.05) is 0 Å². The zero-order valence-corrected chi connectivity index (χ0v) is 5.85. The van der Waals surface area contributed by atoms with Crippen molar-refractivity contribution in [2.45, 2.75) is 5.03 Å². The van der Waals surface area contributed by atoms with Crippen molar-refractivity contribution in [2.24, 2.45) is 5.14 Å². The monoisotopic (exact) mass is 161 g/mol. The molecule has 1 aromatic rings. The summed E-state index contributed by atoms with van der Waals surface area (Å²) >= 11 is 0. The van der Waals surface area contributed by atoms with Crippen LogP contribution < -0.4 is 10.9 Å². The topological polar surface area (TPSA) is 102 Å². The van der Waals surface area contributed by atoms with Crippen LogP contribution in [0, 0.1) is 0 Å². The first kappa shape index (κ1) is 7.10. The van der Waals surface area contributed by atoms with Gasteiger partial charge in [-0.3, -0.25) is 0 Å². The van der Waals surface area contributed by atoms with E-state index in [-0.39, 0.29) is 10.8 Å². The average Bonchev–Trinajstić information content (AvgIpc) is 2.11. The van der Waals surface area contributed by atoms with Crippen LogP contribution in [0.2, 0.25) is 0 Å². The Morgan fingerprint density at radius 1 is 1.40 bits per heavy atom. The molecule has 0 aliphatic rings. The van der Waals surface area contributed by atoms with Gasteiger partial charge in [0.2, 0.25) is 0 Å². The fourth-order valence-electron chi connectivity index (χ4n) is 0.557. The molecule has 0 spiro atoms. The molecule has 0 fully saturated rings. The van der Waals surface area contributed by atoms with E-state index in [1.807, 2.05) is 0 Å². The Balaban J connectivity index is 3.21. The number of nitrogens with one attached hydrogen (secondary N) is 1. The molecule has 0 saturated heterocycles. The van der Waals surface area contributed by atoms with Gasteiger partial charge < -0.3 is 10.7 Å². The minimum atomic E-state index is -3.62. The maximum absolute atomic E-state index is 10.5. The number of nitrogens with two attached hydrogens (primary N) is 2. The molecule has 5 N–H and O–H groups in total. The molecule has 0 aliphatic heterocycles. The number of rotatable bonds is 1. The Labute approximate surface area is 58.1 Å². The van der Waals surface area contributed by atoms with Gasteiger partial charge in [0, 0.05) is 0 Å². The lowest BCUT2D eigenvalue weighted by Gasteiger charge is -1.89. The van der Waals surface area contributed by atoms with Crippen LogP contribution in [0.1, 0.15) is 0 Å². The number of primary sulfonamides is 1. The molecule has 0 atom stereocenters. The Bertz CT molecular complexity index is 326. The van der Waals surface area contributed by atoms with Crippen molar-refractivity contribution < 1.29 is 8.42 Å². The van der Waals surface area contributed by atoms with Gasteiger partial charge in [0.25, 0.3) is 10.0 Å². The Hall–Kier alpha value is -1.01. The Morgan fingerprint density at radius 3 is 2.20 bits per heavy atom. The van der Waals surface area contributed by atoms with Crippen LogP contribution in [-0.4, -0.2) is 13.4 Å². The van der Waals surface area contributed by atoms with Gasteiger partial charge in [-0.25, -0.2) is 13.6 Å². The Morgan fingerprint density at radius 2 is 2.00 bits per heavy atom. The second-order valence-corrected chi connectivity index (χ2v) is 3.35. The molecule has 0 aromatic carbocycles. The number of hydrogen-bond donors (Lipinski definition) is 3. The first-order valence-corrected chi connectivity index (χ1v) is 4.02. The van der Waals surface area contributed by atoms with Gasteiger partial charge >= 0.3 is 0 Å². The van der Waals surface area contributed by atoms with Gasteiger partial charge in [0.05, 0.1) is 0 Å². The summed E-state index contributed by atoms with van der Waals surface area (Å²) < 4.78 is 21.1. The predicted octanol–water partition coefficient (Wildman–Crippen LogP) is -0.756. The van der Waals surface area contributed by atoms with E-state index in [1.165, 1.54) is 12.1 Å². The third-order valence-electron chi connectivity index (χ3n) is 0.988. The van der Waals surface area contributed by atoms with Gasteiger partial charge in [-0.2, -0.15) is 0 Å². The highest BCUT2D eigenvalue weighted by atomic mass is 32.2. The van der Waals surface area contributed by atoms with Crippen molar-refractivity contribution >= 4 is 15.8 Å². The summed E-state index contributed by atoms with van der Waals surface area (Å²) in [7, 11) is -3.62. The minimum Gasteiger partial charge on any atom is -0.385 e. The van der Waals surface area contributed by atoms with Gasteiger partial charge in [0.1, 0.15) is 10.8 Å².